The van der Waals surface area contributed by atoms with Gasteiger partial charge in [0.05, 0.1) is 24.4 Å². The second-order valence-corrected chi connectivity index (χ2v) is 6.92. The molecule has 2 N–H and O–H groups in total. The molecular formula is C19H30ClN3O3. The number of methoxy groups -OCH3 is 1. The van der Waals surface area contributed by atoms with Crippen molar-refractivity contribution in [1.82, 2.24) is 10.2 Å². The molecule has 0 aliphatic carbocycles. The first-order valence-electron chi connectivity index (χ1n) is 8.89. The van der Waals surface area contributed by atoms with Gasteiger partial charge in [-0.1, -0.05) is 26.0 Å². The molecule has 1 aliphatic rings. The normalized spacial score (nSPS) is 19.6. The summed E-state index contributed by atoms with van der Waals surface area (Å²) >= 11 is 0. The fourth-order valence-corrected chi connectivity index (χ4v) is 3.35. The Labute approximate surface area is 162 Å². The van der Waals surface area contributed by atoms with Gasteiger partial charge in [-0.3, -0.25) is 9.59 Å². The molecule has 6 nitrogen and oxygen atoms in total. The van der Waals surface area contributed by atoms with E-state index in [0.29, 0.717) is 36.2 Å². The van der Waals surface area contributed by atoms with Crippen LogP contribution in [0.2, 0.25) is 0 Å². The lowest BCUT2D eigenvalue weighted by Gasteiger charge is -2.35. The molecule has 0 radical (unpaired) electrons. The number of ether oxygens (including phenoxy) is 1. The number of likely N-dealkylation sites (tertiary alicyclic amines) is 1. The summed E-state index contributed by atoms with van der Waals surface area (Å²) in [4.78, 5) is 26.9. The summed E-state index contributed by atoms with van der Waals surface area (Å²) in [6, 6.07) is 7.21. The fraction of sp³-hybridized carbons (Fsp3) is 0.579. The molecule has 0 bridgehead atoms. The van der Waals surface area contributed by atoms with Crippen molar-refractivity contribution in [2.75, 3.05) is 45.2 Å². The van der Waals surface area contributed by atoms with Crippen LogP contribution in [0.4, 0.5) is 5.69 Å². The molecule has 0 aromatic heterocycles. The Bertz CT molecular complexity index is 587. The Hall–Kier alpha value is -1.63. The Balaban J connectivity index is 0.00000338. The number of hydrogen-bond acceptors (Lipinski definition) is 4. The van der Waals surface area contributed by atoms with Crippen LogP contribution in [0, 0.1) is 11.8 Å². The maximum atomic E-state index is 12.9. The Morgan fingerprint density at radius 2 is 1.85 bits per heavy atom. The molecule has 1 aliphatic heterocycles. The Morgan fingerprint density at radius 3 is 2.50 bits per heavy atom. The number of carbonyl (C=O) groups excluding carboxylic acids is 2. The number of amides is 2. The van der Waals surface area contributed by atoms with Crippen molar-refractivity contribution in [2.24, 2.45) is 11.8 Å². The van der Waals surface area contributed by atoms with Crippen LogP contribution in [-0.4, -0.2) is 56.6 Å². The number of anilines is 1. The molecule has 26 heavy (non-hydrogen) atoms. The zero-order valence-electron chi connectivity index (χ0n) is 15.8. The van der Waals surface area contributed by atoms with E-state index in [2.05, 4.69) is 24.5 Å². The molecule has 1 aromatic rings. The number of benzene rings is 1. The van der Waals surface area contributed by atoms with Gasteiger partial charge in [0.15, 0.2) is 0 Å². The number of nitrogens with zero attached hydrogens (tertiary/aromatic N) is 1. The van der Waals surface area contributed by atoms with Crippen molar-refractivity contribution in [3.63, 3.8) is 0 Å². The van der Waals surface area contributed by atoms with Gasteiger partial charge in [0, 0.05) is 26.7 Å². The van der Waals surface area contributed by atoms with E-state index in [1.54, 1.807) is 19.2 Å². The van der Waals surface area contributed by atoms with E-state index in [1.807, 2.05) is 17.0 Å². The first-order valence-corrected chi connectivity index (χ1v) is 8.89. The summed E-state index contributed by atoms with van der Waals surface area (Å²) in [5, 5.41) is 5.84. The van der Waals surface area contributed by atoms with Crippen molar-refractivity contribution in [3.05, 3.63) is 29.8 Å². The van der Waals surface area contributed by atoms with Crippen LogP contribution in [0.5, 0.6) is 0 Å². The van der Waals surface area contributed by atoms with Gasteiger partial charge in [0.25, 0.3) is 5.91 Å². The summed E-state index contributed by atoms with van der Waals surface area (Å²) < 4.78 is 4.93. The number of rotatable bonds is 7. The quantitative estimate of drug-likeness (QED) is 0.709. The van der Waals surface area contributed by atoms with Crippen LogP contribution < -0.4 is 10.6 Å². The number of para-hydroxylation sites is 1. The molecule has 7 heteroatoms. The van der Waals surface area contributed by atoms with E-state index in [-0.39, 0.29) is 30.8 Å². The van der Waals surface area contributed by atoms with Gasteiger partial charge in [-0.05, 0) is 30.4 Å². The molecule has 2 amide bonds. The number of piperidine rings is 1. The minimum Gasteiger partial charge on any atom is -0.383 e. The van der Waals surface area contributed by atoms with Crippen LogP contribution in [0.1, 0.15) is 30.6 Å². The Morgan fingerprint density at radius 1 is 1.19 bits per heavy atom. The smallest absolute Gasteiger partial charge is 0.255 e. The van der Waals surface area contributed by atoms with E-state index in [9.17, 15) is 9.59 Å². The maximum Gasteiger partial charge on any atom is 0.255 e. The first-order chi connectivity index (χ1) is 12.0. The van der Waals surface area contributed by atoms with E-state index >= 15 is 0 Å². The Kier molecular flexibility index (Phi) is 9.62. The summed E-state index contributed by atoms with van der Waals surface area (Å²) in [5.74, 6) is 0.817. The molecule has 0 spiro atoms. The third-order valence-corrected chi connectivity index (χ3v) is 4.36. The second kappa shape index (κ2) is 11.2. The molecule has 2 atom stereocenters. The minimum absolute atomic E-state index is 0. The van der Waals surface area contributed by atoms with Gasteiger partial charge in [-0.25, -0.2) is 0 Å². The summed E-state index contributed by atoms with van der Waals surface area (Å²) in [6.45, 7) is 7.23. The highest BCUT2D eigenvalue weighted by molar-refractivity contribution is 6.04. The van der Waals surface area contributed by atoms with Gasteiger partial charge in [0.1, 0.15) is 0 Å². The molecular weight excluding hydrogens is 354 g/mol. The molecule has 1 aromatic carbocycles. The SMILES string of the molecule is COCCNCC(=O)Nc1ccccc1C(=O)N1CC(C)CC(C)C1.Cl. The van der Waals surface area contributed by atoms with Gasteiger partial charge in [-0.15, -0.1) is 12.4 Å². The average Bonchev–Trinajstić information content (AvgIpc) is 2.58. The van der Waals surface area contributed by atoms with Gasteiger partial charge in [-0.2, -0.15) is 0 Å². The number of nitrogens with one attached hydrogen (secondary N) is 2. The van der Waals surface area contributed by atoms with Crippen molar-refractivity contribution >= 4 is 29.9 Å². The lowest BCUT2D eigenvalue weighted by Crippen LogP contribution is -2.43. The third kappa shape index (κ3) is 6.59. The lowest BCUT2D eigenvalue weighted by atomic mass is 9.91. The molecule has 146 valence electrons. The number of hydrogen-bond donors (Lipinski definition) is 2. The van der Waals surface area contributed by atoms with E-state index < -0.39 is 0 Å². The van der Waals surface area contributed by atoms with E-state index in [1.165, 1.54) is 0 Å². The fourth-order valence-electron chi connectivity index (χ4n) is 3.35. The van der Waals surface area contributed by atoms with Crippen LogP contribution in [0.15, 0.2) is 24.3 Å². The number of carbonyl (C=O) groups is 2. The highest BCUT2D eigenvalue weighted by Gasteiger charge is 2.27. The molecule has 1 saturated heterocycles. The van der Waals surface area contributed by atoms with Gasteiger partial charge in [0.2, 0.25) is 5.91 Å². The van der Waals surface area contributed by atoms with Crippen molar-refractivity contribution in [3.8, 4) is 0 Å². The second-order valence-electron chi connectivity index (χ2n) is 6.92. The zero-order valence-corrected chi connectivity index (χ0v) is 16.6. The largest absolute Gasteiger partial charge is 0.383 e. The average molecular weight is 384 g/mol. The summed E-state index contributed by atoms with van der Waals surface area (Å²) in [5.41, 5.74) is 1.12. The minimum atomic E-state index is -0.170. The van der Waals surface area contributed by atoms with E-state index in [0.717, 1.165) is 19.5 Å². The van der Waals surface area contributed by atoms with Crippen LogP contribution in [0.3, 0.4) is 0 Å². The predicted octanol–water partition coefficient (Wildman–Crippen LogP) is 2.40. The summed E-state index contributed by atoms with van der Waals surface area (Å²) in [7, 11) is 1.62. The highest BCUT2D eigenvalue weighted by atomic mass is 35.5. The predicted molar refractivity (Wildman–Crippen MR) is 106 cm³/mol. The topological polar surface area (TPSA) is 70.7 Å². The van der Waals surface area contributed by atoms with Crippen molar-refractivity contribution < 1.29 is 14.3 Å². The molecule has 2 rings (SSSR count). The molecule has 0 saturated carbocycles. The van der Waals surface area contributed by atoms with E-state index in [4.69, 9.17) is 4.74 Å². The molecule has 1 fully saturated rings. The zero-order chi connectivity index (χ0) is 18.2. The molecule has 2 unspecified atom stereocenters. The monoisotopic (exact) mass is 383 g/mol. The third-order valence-electron chi connectivity index (χ3n) is 4.36. The van der Waals surface area contributed by atoms with Crippen LogP contribution >= 0.6 is 12.4 Å². The maximum absolute atomic E-state index is 12.9. The molecule has 1 heterocycles. The summed E-state index contributed by atoms with van der Waals surface area (Å²) in [6.07, 6.45) is 1.15. The lowest BCUT2D eigenvalue weighted by molar-refractivity contribution is -0.115. The van der Waals surface area contributed by atoms with Crippen LogP contribution in [-0.2, 0) is 9.53 Å². The van der Waals surface area contributed by atoms with Crippen molar-refractivity contribution in [1.29, 1.82) is 0 Å². The van der Waals surface area contributed by atoms with Crippen LogP contribution in [0.25, 0.3) is 0 Å². The van der Waals surface area contributed by atoms with Crippen molar-refractivity contribution in [2.45, 2.75) is 20.3 Å². The van der Waals surface area contributed by atoms with Gasteiger partial charge < -0.3 is 20.3 Å². The van der Waals surface area contributed by atoms with Gasteiger partial charge >= 0.3 is 0 Å². The highest BCUT2D eigenvalue weighted by Crippen LogP contribution is 2.24. The number of halogens is 1. The standard InChI is InChI=1S/C19H29N3O3.ClH/c1-14-10-15(2)13-22(12-14)19(24)16-6-4-5-7-17(16)21-18(23)11-20-8-9-25-3;/h4-7,14-15,20H,8-13H2,1-3H3,(H,21,23);1H. The first kappa shape index (κ1) is 22.4.